The Morgan fingerprint density at radius 1 is 0.436 bits per heavy atom. The predicted molar refractivity (Wildman–Crippen MR) is 223 cm³/mol. The van der Waals surface area contributed by atoms with Gasteiger partial charge in [-0.15, -0.1) is 0 Å². The van der Waals surface area contributed by atoms with Crippen LogP contribution in [0.3, 0.4) is 0 Å². The highest BCUT2D eigenvalue weighted by Gasteiger charge is 2.23. The molecule has 0 saturated heterocycles. The molecular formula is C49H29N3O3. The number of aromatic nitrogens is 2. The number of hydrogen-bond acceptors (Lipinski definition) is 5. The number of fused-ring (bicyclic) bond motifs is 11. The molecule has 0 unspecified atom stereocenters. The van der Waals surface area contributed by atoms with E-state index < -0.39 is 0 Å². The first-order valence-corrected chi connectivity index (χ1v) is 18.4. The van der Waals surface area contributed by atoms with Crippen LogP contribution in [0.25, 0.3) is 93.9 Å². The van der Waals surface area contributed by atoms with E-state index in [1.54, 1.807) is 0 Å². The maximum Gasteiger partial charge on any atom is 0.227 e. The number of anilines is 3. The zero-order valence-electron chi connectivity index (χ0n) is 29.3. The van der Waals surface area contributed by atoms with Crippen molar-refractivity contribution >= 4 is 93.8 Å². The van der Waals surface area contributed by atoms with Crippen molar-refractivity contribution in [1.82, 2.24) is 9.55 Å². The number of nitrogens with zero attached hydrogens (tertiary/aromatic N) is 3. The Kier molecular flexibility index (Phi) is 6.24. The van der Waals surface area contributed by atoms with Crippen LogP contribution in [0.5, 0.6) is 0 Å². The molecule has 6 nitrogen and oxygen atoms in total. The molecule has 0 bridgehead atoms. The van der Waals surface area contributed by atoms with Gasteiger partial charge in [0, 0.05) is 49.6 Å². The SMILES string of the molecule is c1ccc(-c2nc3ccc4oc5ccc(N(c6ccc7c8ccccc8n(-c8ccccc8)c7c6)c6cccc7c6oc6ccccc67)cc5c4c3o2)cc1. The molecule has 12 aromatic rings. The summed E-state index contributed by atoms with van der Waals surface area (Å²) in [5, 5.41) is 6.36. The fraction of sp³-hybridized carbons (Fsp3) is 0. The molecule has 55 heavy (non-hydrogen) atoms. The number of para-hydroxylation sites is 4. The van der Waals surface area contributed by atoms with Crippen LogP contribution in [0.15, 0.2) is 189 Å². The van der Waals surface area contributed by atoms with E-state index in [4.69, 9.17) is 18.2 Å². The fourth-order valence-corrected chi connectivity index (χ4v) is 8.37. The minimum atomic E-state index is 0.578. The molecule has 0 amide bonds. The third-order valence-electron chi connectivity index (χ3n) is 10.8. The highest BCUT2D eigenvalue weighted by atomic mass is 16.4. The molecule has 6 heteroatoms. The number of benzene rings is 8. The molecule has 0 radical (unpaired) electrons. The van der Waals surface area contributed by atoms with E-state index in [1.165, 1.54) is 10.8 Å². The van der Waals surface area contributed by atoms with Crippen molar-refractivity contribution in [3.05, 3.63) is 176 Å². The Morgan fingerprint density at radius 3 is 2.02 bits per heavy atom. The van der Waals surface area contributed by atoms with Crippen molar-refractivity contribution in [2.45, 2.75) is 0 Å². The zero-order valence-corrected chi connectivity index (χ0v) is 29.3. The van der Waals surface area contributed by atoms with Crippen molar-refractivity contribution in [2.24, 2.45) is 0 Å². The highest BCUT2D eigenvalue weighted by Crippen LogP contribution is 2.46. The maximum atomic E-state index is 6.69. The van der Waals surface area contributed by atoms with Gasteiger partial charge in [0.15, 0.2) is 11.2 Å². The summed E-state index contributed by atoms with van der Waals surface area (Å²) in [7, 11) is 0. The highest BCUT2D eigenvalue weighted by molar-refractivity contribution is 6.18. The lowest BCUT2D eigenvalue weighted by molar-refractivity contribution is 0.622. The molecule has 0 aliphatic heterocycles. The van der Waals surface area contributed by atoms with E-state index in [2.05, 4.69) is 131 Å². The Morgan fingerprint density at radius 2 is 1.13 bits per heavy atom. The van der Waals surface area contributed by atoms with Gasteiger partial charge in [-0.3, -0.25) is 0 Å². The summed E-state index contributed by atoms with van der Waals surface area (Å²) in [5.74, 6) is 0.578. The van der Waals surface area contributed by atoms with E-state index in [0.717, 1.165) is 88.7 Å². The zero-order chi connectivity index (χ0) is 36.0. The van der Waals surface area contributed by atoms with Crippen LogP contribution in [0.1, 0.15) is 0 Å². The second-order valence-corrected chi connectivity index (χ2v) is 13.9. The number of rotatable bonds is 5. The third-order valence-corrected chi connectivity index (χ3v) is 10.8. The van der Waals surface area contributed by atoms with Crippen molar-refractivity contribution < 1.29 is 13.3 Å². The second kappa shape index (κ2) is 11.5. The van der Waals surface area contributed by atoms with Gasteiger partial charge in [0.1, 0.15) is 22.3 Å². The predicted octanol–water partition coefficient (Wildman–Crippen LogP) is 13.9. The van der Waals surface area contributed by atoms with Crippen LogP contribution in [-0.4, -0.2) is 9.55 Å². The molecule has 0 atom stereocenters. The summed E-state index contributed by atoms with van der Waals surface area (Å²) in [6.45, 7) is 0. The van der Waals surface area contributed by atoms with Crippen LogP contribution in [0.2, 0.25) is 0 Å². The second-order valence-electron chi connectivity index (χ2n) is 13.9. The van der Waals surface area contributed by atoms with Gasteiger partial charge in [0.2, 0.25) is 5.89 Å². The first-order valence-electron chi connectivity index (χ1n) is 18.4. The molecule has 0 spiro atoms. The van der Waals surface area contributed by atoms with Crippen LogP contribution in [-0.2, 0) is 0 Å². The van der Waals surface area contributed by atoms with Crippen LogP contribution < -0.4 is 4.90 Å². The van der Waals surface area contributed by atoms with Crippen LogP contribution >= 0.6 is 0 Å². The minimum absolute atomic E-state index is 0.578. The van der Waals surface area contributed by atoms with Gasteiger partial charge in [0.25, 0.3) is 0 Å². The van der Waals surface area contributed by atoms with Gasteiger partial charge < -0.3 is 22.7 Å². The Labute approximate surface area is 313 Å². The lowest BCUT2D eigenvalue weighted by Gasteiger charge is -2.26. The first-order chi connectivity index (χ1) is 27.3. The van der Waals surface area contributed by atoms with Crippen LogP contribution in [0.4, 0.5) is 17.1 Å². The third kappa shape index (κ3) is 4.46. The summed E-state index contributed by atoms with van der Waals surface area (Å²) in [6.07, 6.45) is 0. The molecule has 258 valence electrons. The maximum absolute atomic E-state index is 6.69. The lowest BCUT2D eigenvalue weighted by Crippen LogP contribution is -2.10. The van der Waals surface area contributed by atoms with Gasteiger partial charge in [-0.1, -0.05) is 91.0 Å². The van der Waals surface area contributed by atoms with E-state index in [9.17, 15) is 0 Å². The summed E-state index contributed by atoms with van der Waals surface area (Å²) >= 11 is 0. The summed E-state index contributed by atoms with van der Waals surface area (Å²) in [6, 6.07) is 60.9. The molecule has 0 aliphatic rings. The topological polar surface area (TPSA) is 60.5 Å². The molecular weight excluding hydrogens is 679 g/mol. The van der Waals surface area contributed by atoms with Crippen molar-refractivity contribution in [3.8, 4) is 17.1 Å². The largest absolute Gasteiger partial charge is 0.456 e. The Balaban J connectivity index is 1.14. The summed E-state index contributed by atoms with van der Waals surface area (Å²) in [4.78, 5) is 7.17. The molecule has 0 aliphatic carbocycles. The van der Waals surface area contributed by atoms with Crippen LogP contribution in [0, 0.1) is 0 Å². The molecule has 0 N–H and O–H groups in total. The normalized spacial score (nSPS) is 12.0. The number of hydrogen-bond donors (Lipinski definition) is 0. The fourth-order valence-electron chi connectivity index (χ4n) is 8.37. The molecule has 8 aromatic carbocycles. The minimum Gasteiger partial charge on any atom is -0.456 e. The monoisotopic (exact) mass is 707 g/mol. The molecule has 12 rings (SSSR count). The van der Waals surface area contributed by atoms with Gasteiger partial charge in [0.05, 0.1) is 22.1 Å². The lowest BCUT2D eigenvalue weighted by atomic mass is 10.1. The van der Waals surface area contributed by atoms with E-state index in [0.29, 0.717) is 11.5 Å². The summed E-state index contributed by atoms with van der Waals surface area (Å²) < 4.78 is 22.0. The number of furan rings is 2. The molecule has 0 fully saturated rings. The molecule has 4 heterocycles. The van der Waals surface area contributed by atoms with Crippen molar-refractivity contribution in [2.75, 3.05) is 4.90 Å². The first kappa shape index (κ1) is 29.9. The average Bonchev–Trinajstić information content (AvgIpc) is 4.02. The van der Waals surface area contributed by atoms with Gasteiger partial charge in [-0.05, 0) is 84.9 Å². The molecule has 4 aromatic heterocycles. The van der Waals surface area contributed by atoms with Crippen molar-refractivity contribution in [3.63, 3.8) is 0 Å². The Bertz CT molecular complexity index is 3440. The van der Waals surface area contributed by atoms with E-state index in [-0.39, 0.29) is 0 Å². The quantitative estimate of drug-likeness (QED) is 0.178. The standard InChI is InChI=1S/C49H29N3O3/c1-3-12-30(13-4-1)49-50-39-25-27-45-46(48(39)55-49)38-28-32(23-26-44(38)53-45)51(41-20-11-18-37-36-17-8-10-21-43(36)54-47(37)41)33-22-24-35-34-16-7-9-19-40(34)52(42(35)29-33)31-14-5-2-6-15-31/h1-29H. The van der Waals surface area contributed by atoms with Gasteiger partial charge in [-0.2, -0.15) is 0 Å². The van der Waals surface area contributed by atoms with Crippen molar-refractivity contribution in [1.29, 1.82) is 0 Å². The average molecular weight is 708 g/mol. The van der Waals surface area contributed by atoms with Gasteiger partial charge >= 0.3 is 0 Å². The smallest absolute Gasteiger partial charge is 0.227 e. The number of oxazole rings is 1. The summed E-state index contributed by atoms with van der Waals surface area (Å²) in [5.41, 5.74) is 11.8. The van der Waals surface area contributed by atoms with E-state index >= 15 is 0 Å². The van der Waals surface area contributed by atoms with E-state index in [1.807, 2.05) is 54.6 Å². The Hall–Kier alpha value is -7.57. The van der Waals surface area contributed by atoms with Gasteiger partial charge in [-0.25, -0.2) is 4.98 Å². The molecule has 0 saturated carbocycles.